The number of pyridine rings is 1. The third-order valence-electron chi connectivity index (χ3n) is 5.40. The van der Waals surface area contributed by atoms with Gasteiger partial charge in [0, 0.05) is 18.2 Å². The molecule has 152 valence electrons. The van der Waals surface area contributed by atoms with E-state index in [-0.39, 0.29) is 11.9 Å². The first-order valence-corrected chi connectivity index (χ1v) is 9.77. The van der Waals surface area contributed by atoms with Gasteiger partial charge in [0.2, 0.25) is 0 Å². The van der Waals surface area contributed by atoms with Gasteiger partial charge in [0.05, 0.1) is 22.8 Å². The molecule has 0 unspecified atom stereocenters. The van der Waals surface area contributed by atoms with Crippen LogP contribution in [0.1, 0.15) is 54.6 Å². The van der Waals surface area contributed by atoms with Crippen molar-refractivity contribution >= 4 is 22.9 Å². The molecular weight excluding hydrogens is 372 g/mol. The zero-order valence-corrected chi connectivity index (χ0v) is 17.0. The summed E-state index contributed by atoms with van der Waals surface area (Å²) in [6, 6.07) is 2.88. The quantitative estimate of drug-likeness (QED) is 0.723. The Labute approximate surface area is 168 Å². The highest BCUT2D eigenvalue weighted by molar-refractivity contribution is 6.07. The maximum Gasteiger partial charge on any atom is 0.326 e. The first-order chi connectivity index (χ1) is 13.8. The Hall–Kier alpha value is -3.16. The van der Waals surface area contributed by atoms with Gasteiger partial charge in [0.25, 0.3) is 5.91 Å². The van der Waals surface area contributed by atoms with E-state index in [0.717, 1.165) is 11.3 Å². The van der Waals surface area contributed by atoms with Crippen molar-refractivity contribution in [2.24, 2.45) is 0 Å². The third kappa shape index (κ3) is 3.18. The van der Waals surface area contributed by atoms with E-state index in [4.69, 9.17) is 9.40 Å². The highest BCUT2D eigenvalue weighted by atomic mass is 16.4. The number of hydrogen-bond donors (Lipinski definition) is 1. The molecule has 0 aromatic carbocycles. The van der Waals surface area contributed by atoms with Crippen LogP contribution in [0, 0.1) is 13.8 Å². The number of amides is 1. The summed E-state index contributed by atoms with van der Waals surface area (Å²) in [4.78, 5) is 31.2. The predicted octanol–water partition coefficient (Wildman–Crippen LogP) is 3.58. The molecule has 29 heavy (non-hydrogen) atoms. The molecule has 1 atom stereocenters. The molecule has 0 spiro atoms. The molecule has 4 heterocycles. The molecule has 3 aromatic rings. The van der Waals surface area contributed by atoms with E-state index >= 15 is 0 Å². The van der Waals surface area contributed by atoms with Crippen LogP contribution < -0.4 is 0 Å². The summed E-state index contributed by atoms with van der Waals surface area (Å²) in [5, 5.41) is 14.6. The van der Waals surface area contributed by atoms with Gasteiger partial charge in [-0.3, -0.25) is 4.79 Å². The van der Waals surface area contributed by atoms with Crippen LogP contribution >= 0.6 is 0 Å². The first-order valence-electron chi connectivity index (χ1n) is 9.77. The molecule has 1 N–H and O–H groups in total. The highest BCUT2D eigenvalue weighted by Gasteiger charge is 2.35. The monoisotopic (exact) mass is 396 g/mol. The zero-order valence-electron chi connectivity index (χ0n) is 17.0. The van der Waals surface area contributed by atoms with Crippen LogP contribution in [0.25, 0.3) is 22.3 Å². The molecule has 8 heteroatoms. The maximum absolute atomic E-state index is 13.4. The van der Waals surface area contributed by atoms with Crippen molar-refractivity contribution in [3.63, 3.8) is 0 Å². The minimum atomic E-state index is -0.972. The van der Waals surface area contributed by atoms with Gasteiger partial charge in [0.1, 0.15) is 17.6 Å². The fraction of sp³-hybridized carbons (Fsp3) is 0.429. The van der Waals surface area contributed by atoms with Gasteiger partial charge in [-0.15, -0.1) is 0 Å². The van der Waals surface area contributed by atoms with Gasteiger partial charge < -0.3 is 14.4 Å². The normalized spacial score (nSPS) is 16.9. The number of fused-ring (bicyclic) bond motifs is 1. The fourth-order valence-corrected chi connectivity index (χ4v) is 4.02. The molecule has 1 amide bonds. The Morgan fingerprint density at radius 1 is 1.28 bits per heavy atom. The minimum Gasteiger partial charge on any atom is -0.480 e. The molecule has 0 aliphatic carbocycles. The lowest BCUT2D eigenvalue weighted by Gasteiger charge is -2.22. The van der Waals surface area contributed by atoms with Crippen molar-refractivity contribution in [1.82, 2.24) is 19.7 Å². The lowest BCUT2D eigenvalue weighted by molar-refractivity contribution is -0.141. The Morgan fingerprint density at radius 3 is 2.66 bits per heavy atom. The molecule has 8 nitrogen and oxygen atoms in total. The number of furan rings is 1. The number of carboxylic acids is 1. The summed E-state index contributed by atoms with van der Waals surface area (Å²) in [7, 11) is 0. The molecule has 3 aromatic heterocycles. The maximum atomic E-state index is 13.4. The largest absolute Gasteiger partial charge is 0.480 e. The number of nitrogens with zero attached hydrogens (tertiary/aromatic N) is 4. The van der Waals surface area contributed by atoms with Crippen molar-refractivity contribution in [3.05, 3.63) is 35.4 Å². The molecule has 0 saturated carbocycles. The Bertz CT molecular complexity index is 1110. The van der Waals surface area contributed by atoms with Crippen molar-refractivity contribution in [2.45, 2.75) is 52.6 Å². The molecular formula is C21H24N4O4. The van der Waals surface area contributed by atoms with Crippen molar-refractivity contribution in [2.75, 3.05) is 6.54 Å². The number of rotatable bonds is 4. The van der Waals surface area contributed by atoms with Crippen molar-refractivity contribution < 1.29 is 19.1 Å². The number of carbonyl (C=O) groups excluding carboxylic acids is 1. The van der Waals surface area contributed by atoms with Crippen LogP contribution in [-0.2, 0) is 4.79 Å². The van der Waals surface area contributed by atoms with E-state index in [1.165, 1.54) is 4.90 Å². The van der Waals surface area contributed by atoms with Gasteiger partial charge >= 0.3 is 5.97 Å². The zero-order chi connectivity index (χ0) is 20.9. The standard InChI is InChI=1S/C21H24N4O4/c1-11(2)25-19-16(10-22-25)15(20(26)24-7-5-6-18(24)21(27)28)9-17(23-19)14-8-12(3)29-13(14)4/h8-11,18H,5-7H2,1-4H3,(H,27,28)/t18-/m1/s1. The third-order valence-corrected chi connectivity index (χ3v) is 5.40. The number of carbonyl (C=O) groups is 2. The number of carboxylic acid groups (broad SMARTS) is 1. The summed E-state index contributed by atoms with van der Waals surface area (Å²) in [5.74, 6) is 0.202. The van der Waals surface area contributed by atoms with Crippen LogP contribution in [-0.4, -0.2) is 49.2 Å². The minimum absolute atomic E-state index is 0.0592. The summed E-state index contributed by atoms with van der Waals surface area (Å²) < 4.78 is 7.43. The molecule has 4 rings (SSSR count). The number of likely N-dealkylation sites (tertiary alicyclic amines) is 1. The molecule has 1 aliphatic rings. The van der Waals surface area contributed by atoms with Gasteiger partial charge in [-0.05, 0) is 52.7 Å². The Balaban J connectivity index is 1.91. The van der Waals surface area contributed by atoms with Crippen LogP contribution in [0.5, 0.6) is 0 Å². The van der Waals surface area contributed by atoms with Gasteiger partial charge in [-0.1, -0.05) is 0 Å². The highest BCUT2D eigenvalue weighted by Crippen LogP contribution is 2.31. The second kappa shape index (κ2) is 7.02. The first kappa shape index (κ1) is 19.2. The smallest absolute Gasteiger partial charge is 0.326 e. The topological polar surface area (TPSA) is 101 Å². The van der Waals surface area contributed by atoms with Crippen molar-refractivity contribution in [3.8, 4) is 11.3 Å². The predicted molar refractivity (Wildman–Crippen MR) is 107 cm³/mol. The Morgan fingerprint density at radius 2 is 2.03 bits per heavy atom. The number of aromatic nitrogens is 3. The van der Waals surface area contributed by atoms with Crippen molar-refractivity contribution in [1.29, 1.82) is 0 Å². The SMILES string of the molecule is Cc1cc(-c2cc(C(=O)N3CCC[C@@H]3C(=O)O)c3cnn(C(C)C)c3n2)c(C)o1. The van der Waals surface area contributed by atoms with Crippen LogP contribution in [0.4, 0.5) is 0 Å². The molecule has 0 bridgehead atoms. The van der Waals surface area contributed by atoms with E-state index in [9.17, 15) is 14.7 Å². The number of aliphatic carboxylic acids is 1. The molecule has 1 saturated heterocycles. The van der Waals surface area contributed by atoms with Crippen LogP contribution in [0.3, 0.4) is 0 Å². The van der Waals surface area contributed by atoms with E-state index < -0.39 is 12.0 Å². The summed E-state index contributed by atoms with van der Waals surface area (Å²) >= 11 is 0. The average Bonchev–Trinajstić information content (AvgIpc) is 3.37. The van der Waals surface area contributed by atoms with E-state index in [2.05, 4.69) is 5.10 Å². The lowest BCUT2D eigenvalue weighted by Crippen LogP contribution is -2.40. The average molecular weight is 396 g/mol. The number of hydrogen-bond acceptors (Lipinski definition) is 5. The summed E-state index contributed by atoms with van der Waals surface area (Å²) in [6.45, 7) is 8.14. The van der Waals surface area contributed by atoms with Gasteiger partial charge in [0.15, 0.2) is 5.65 Å². The second-order valence-corrected chi connectivity index (χ2v) is 7.80. The summed E-state index contributed by atoms with van der Waals surface area (Å²) in [5.41, 5.74) is 2.45. The lowest BCUT2D eigenvalue weighted by atomic mass is 10.1. The van der Waals surface area contributed by atoms with Crippen LogP contribution in [0.2, 0.25) is 0 Å². The van der Waals surface area contributed by atoms with E-state index in [1.54, 1.807) is 16.9 Å². The fourth-order valence-electron chi connectivity index (χ4n) is 4.02. The van der Waals surface area contributed by atoms with E-state index in [1.807, 2.05) is 33.8 Å². The van der Waals surface area contributed by atoms with Crippen LogP contribution in [0.15, 0.2) is 22.7 Å². The molecule has 1 aliphatic heterocycles. The molecule has 0 radical (unpaired) electrons. The Kier molecular flexibility index (Phi) is 4.64. The molecule has 1 fully saturated rings. The van der Waals surface area contributed by atoms with Gasteiger partial charge in [-0.25, -0.2) is 14.5 Å². The second-order valence-electron chi connectivity index (χ2n) is 7.80. The number of aryl methyl sites for hydroxylation is 2. The summed E-state index contributed by atoms with van der Waals surface area (Å²) in [6.07, 6.45) is 2.78. The van der Waals surface area contributed by atoms with Gasteiger partial charge in [-0.2, -0.15) is 5.10 Å². The van der Waals surface area contributed by atoms with E-state index in [0.29, 0.717) is 47.4 Å².